The van der Waals surface area contributed by atoms with Crippen LogP contribution >= 0.6 is 27.3 Å². The molecule has 0 radical (unpaired) electrons. The summed E-state index contributed by atoms with van der Waals surface area (Å²) in [5, 5.41) is 4.20. The van der Waals surface area contributed by atoms with Gasteiger partial charge in [0, 0.05) is 23.0 Å². The molecule has 84 valence electrons. The van der Waals surface area contributed by atoms with Gasteiger partial charge in [-0.2, -0.15) is 11.3 Å². The second kappa shape index (κ2) is 4.53. The number of thiophene rings is 1. The topological polar surface area (TPSA) is 35.2 Å². The fraction of sp³-hybridized carbons (Fsp3) is 0.636. The summed E-state index contributed by atoms with van der Waals surface area (Å²) in [6.45, 7) is 0. The summed E-state index contributed by atoms with van der Waals surface area (Å²) in [6.07, 6.45) is 4.50. The van der Waals surface area contributed by atoms with Crippen molar-refractivity contribution in [2.75, 3.05) is 7.11 Å². The number of ether oxygens (including phenoxy) is 1. The Morgan fingerprint density at radius 3 is 2.73 bits per heavy atom. The lowest BCUT2D eigenvalue weighted by molar-refractivity contribution is -0.0817. The molecular formula is C11H16BrNOS. The van der Waals surface area contributed by atoms with Crippen LogP contribution < -0.4 is 5.73 Å². The van der Waals surface area contributed by atoms with Gasteiger partial charge >= 0.3 is 0 Å². The van der Waals surface area contributed by atoms with E-state index < -0.39 is 0 Å². The molecule has 1 aromatic rings. The minimum Gasteiger partial charge on any atom is -0.378 e. The molecule has 0 aromatic carbocycles. The monoisotopic (exact) mass is 289 g/mol. The average molecular weight is 290 g/mol. The van der Waals surface area contributed by atoms with Gasteiger partial charge in [0.1, 0.15) is 0 Å². The lowest BCUT2D eigenvalue weighted by Gasteiger charge is -2.42. The van der Waals surface area contributed by atoms with Gasteiger partial charge in [-0.1, -0.05) is 0 Å². The molecule has 2 nitrogen and oxygen atoms in total. The lowest BCUT2D eigenvalue weighted by atomic mass is 9.75. The second-order valence-electron chi connectivity index (χ2n) is 4.23. The Morgan fingerprint density at radius 1 is 1.60 bits per heavy atom. The largest absolute Gasteiger partial charge is 0.378 e. The molecule has 1 aromatic heterocycles. The van der Waals surface area contributed by atoms with Crippen molar-refractivity contribution in [1.29, 1.82) is 0 Å². The first-order valence-corrected chi connectivity index (χ1v) is 6.93. The van der Waals surface area contributed by atoms with Crippen molar-refractivity contribution in [3.63, 3.8) is 0 Å². The summed E-state index contributed by atoms with van der Waals surface area (Å²) in [5.74, 6) is 0. The molecule has 4 heteroatoms. The average Bonchev–Trinajstić information content (AvgIpc) is 2.58. The molecule has 1 aliphatic rings. The van der Waals surface area contributed by atoms with Crippen molar-refractivity contribution in [3.05, 3.63) is 20.8 Å². The van der Waals surface area contributed by atoms with Gasteiger partial charge < -0.3 is 10.5 Å². The van der Waals surface area contributed by atoms with Crippen LogP contribution in [0.2, 0.25) is 0 Å². The van der Waals surface area contributed by atoms with Gasteiger partial charge in [-0.15, -0.1) is 0 Å². The van der Waals surface area contributed by atoms with Crippen LogP contribution in [0.4, 0.5) is 0 Å². The van der Waals surface area contributed by atoms with Gasteiger partial charge in [-0.05, 0) is 52.6 Å². The Labute approximate surface area is 103 Å². The van der Waals surface area contributed by atoms with Crippen LogP contribution in [0.3, 0.4) is 0 Å². The molecule has 2 N–H and O–H groups in total. The van der Waals surface area contributed by atoms with Gasteiger partial charge in [0.25, 0.3) is 0 Å². The number of rotatable bonds is 4. The Morgan fingerprint density at radius 2 is 2.33 bits per heavy atom. The van der Waals surface area contributed by atoms with Crippen LogP contribution in [0.1, 0.15) is 37.3 Å². The fourth-order valence-electron chi connectivity index (χ4n) is 2.13. The molecule has 0 bridgehead atoms. The van der Waals surface area contributed by atoms with Crippen LogP contribution in [0.5, 0.6) is 0 Å². The van der Waals surface area contributed by atoms with E-state index in [0.29, 0.717) is 0 Å². The van der Waals surface area contributed by atoms with Crippen molar-refractivity contribution in [2.24, 2.45) is 5.73 Å². The van der Waals surface area contributed by atoms with Crippen LogP contribution in [0.15, 0.2) is 15.2 Å². The Hall–Kier alpha value is 0.100. The maximum Gasteiger partial charge on any atom is 0.0696 e. The van der Waals surface area contributed by atoms with Crippen molar-refractivity contribution in [2.45, 2.75) is 37.3 Å². The third-order valence-corrected chi connectivity index (χ3v) is 5.08. The van der Waals surface area contributed by atoms with Gasteiger partial charge in [0.2, 0.25) is 0 Å². The predicted octanol–water partition coefficient (Wildman–Crippen LogP) is 3.47. The highest BCUT2D eigenvalue weighted by Gasteiger charge is 2.38. The highest BCUT2D eigenvalue weighted by Crippen LogP contribution is 2.42. The summed E-state index contributed by atoms with van der Waals surface area (Å²) in [7, 11) is 1.80. The maximum absolute atomic E-state index is 6.21. The summed E-state index contributed by atoms with van der Waals surface area (Å²) < 4.78 is 6.72. The first-order chi connectivity index (χ1) is 7.17. The third kappa shape index (κ3) is 2.28. The van der Waals surface area contributed by atoms with E-state index in [1.54, 1.807) is 18.4 Å². The van der Waals surface area contributed by atoms with Gasteiger partial charge in [0.05, 0.1) is 5.60 Å². The van der Waals surface area contributed by atoms with Crippen LogP contribution in [-0.4, -0.2) is 12.7 Å². The Bertz CT molecular complexity index is 330. The normalized spacial score (nSPS) is 21.0. The molecule has 1 saturated carbocycles. The second-order valence-corrected chi connectivity index (χ2v) is 5.82. The molecular weight excluding hydrogens is 274 g/mol. The van der Waals surface area contributed by atoms with Crippen molar-refractivity contribution >= 4 is 27.3 Å². The molecule has 0 amide bonds. The molecule has 1 fully saturated rings. The van der Waals surface area contributed by atoms with Crippen molar-refractivity contribution in [1.82, 2.24) is 0 Å². The molecule has 1 unspecified atom stereocenters. The van der Waals surface area contributed by atoms with E-state index in [1.165, 1.54) is 12.0 Å². The third-order valence-electron chi connectivity index (χ3n) is 3.33. The van der Waals surface area contributed by atoms with E-state index in [-0.39, 0.29) is 11.6 Å². The molecule has 1 heterocycles. The van der Waals surface area contributed by atoms with E-state index in [2.05, 4.69) is 26.7 Å². The Balaban J connectivity index is 2.03. The van der Waals surface area contributed by atoms with Crippen molar-refractivity contribution in [3.8, 4) is 0 Å². The van der Waals surface area contributed by atoms with E-state index in [1.807, 2.05) is 0 Å². The van der Waals surface area contributed by atoms with Gasteiger partial charge in [-0.3, -0.25) is 0 Å². The molecule has 2 rings (SSSR count). The molecule has 1 atom stereocenters. The minimum atomic E-state index is 0.0563. The molecule has 0 saturated heterocycles. The van der Waals surface area contributed by atoms with Gasteiger partial charge in [-0.25, -0.2) is 0 Å². The zero-order chi connectivity index (χ0) is 10.9. The zero-order valence-electron chi connectivity index (χ0n) is 8.83. The van der Waals surface area contributed by atoms with Crippen LogP contribution in [0.25, 0.3) is 0 Å². The summed E-state index contributed by atoms with van der Waals surface area (Å²) >= 11 is 5.21. The minimum absolute atomic E-state index is 0.0563. The van der Waals surface area contributed by atoms with Crippen molar-refractivity contribution < 1.29 is 4.74 Å². The van der Waals surface area contributed by atoms with Crippen LogP contribution in [-0.2, 0) is 4.74 Å². The number of nitrogens with two attached hydrogens (primary N) is 1. The zero-order valence-corrected chi connectivity index (χ0v) is 11.2. The quantitative estimate of drug-likeness (QED) is 0.921. The Kier molecular flexibility index (Phi) is 3.50. The SMILES string of the molecule is COC1(CC(N)c2cscc2Br)CCC1. The number of halogens is 1. The molecule has 1 aliphatic carbocycles. The maximum atomic E-state index is 6.21. The van der Waals surface area contributed by atoms with E-state index in [9.17, 15) is 0 Å². The first kappa shape index (κ1) is 11.6. The lowest BCUT2D eigenvalue weighted by Crippen LogP contribution is -2.41. The summed E-state index contributed by atoms with van der Waals surface area (Å²) in [4.78, 5) is 0. The highest BCUT2D eigenvalue weighted by molar-refractivity contribution is 9.10. The fourth-order valence-corrected chi connectivity index (χ4v) is 3.79. The smallest absolute Gasteiger partial charge is 0.0696 e. The summed E-state index contributed by atoms with van der Waals surface area (Å²) in [5.41, 5.74) is 7.48. The first-order valence-electron chi connectivity index (χ1n) is 5.19. The standard InChI is InChI=1S/C11H16BrNOS/c1-14-11(3-2-4-11)5-10(13)8-6-15-7-9(8)12/h6-7,10H,2-5,13H2,1H3. The van der Waals surface area contributed by atoms with Gasteiger partial charge in [0.15, 0.2) is 0 Å². The molecule has 15 heavy (non-hydrogen) atoms. The predicted molar refractivity (Wildman–Crippen MR) is 67.2 cm³/mol. The molecule has 0 spiro atoms. The van der Waals surface area contributed by atoms with E-state index in [0.717, 1.165) is 23.7 Å². The van der Waals surface area contributed by atoms with E-state index >= 15 is 0 Å². The van der Waals surface area contributed by atoms with Crippen LogP contribution in [0, 0.1) is 0 Å². The number of hydrogen-bond donors (Lipinski definition) is 1. The molecule has 0 aliphatic heterocycles. The van der Waals surface area contributed by atoms with E-state index in [4.69, 9.17) is 10.5 Å². The highest BCUT2D eigenvalue weighted by atomic mass is 79.9. The number of methoxy groups -OCH3 is 1. The number of hydrogen-bond acceptors (Lipinski definition) is 3. The summed E-state index contributed by atoms with van der Waals surface area (Å²) in [6, 6.07) is 0.0888.